The van der Waals surface area contributed by atoms with Crippen LogP contribution in [0.2, 0.25) is 0 Å². The third-order valence-electron chi connectivity index (χ3n) is 6.14. The number of methoxy groups -OCH3 is 1. The summed E-state index contributed by atoms with van der Waals surface area (Å²) in [6.07, 6.45) is 8.90. The Labute approximate surface area is 198 Å². The number of fused-ring (bicyclic) bond motifs is 1. The lowest BCUT2D eigenvalue weighted by atomic mass is 10.0. The average Bonchev–Trinajstić information content (AvgIpc) is 2.89. The minimum Gasteiger partial charge on any atom is -0.495 e. The van der Waals surface area contributed by atoms with Gasteiger partial charge in [-0.2, -0.15) is 0 Å². The number of nitrogens with zero attached hydrogens (tertiary/aromatic N) is 6. The van der Waals surface area contributed by atoms with E-state index in [0.717, 1.165) is 59.7 Å². The molecule has 0 bridgehead atoms. The van der Waals surface area contributed by atoms with Crippen molar-refractivity contribution < 1.29 is 9.53 Å². The lowest BCUT2D eigenvalue weighted by Gasteiger charge is -2.33. The third-order valence-corrected chi connectivity index (χ3v) is 6.14. The van der Waals surface area contributed by atoms with Gasteiger partial charge in [0.25, 0.3) is 0 Å². The van der Waals surface area contributed by atoms with Crippen LogP contribution in [0.1, 0.15) is 16.1 Å². The molecule has 1 aliphatic rings. The Balaban J connectivity index is 1.36. The molecule has 0 unspecified atom stereocenters. The van der Waals surface area contributed by atoms with E-state index in [0.29, 0.717) is 11.3 Å². The molecule has 34 heavy (non-hydrogen) atoms. The fraction of sp³-hybridized carbons (Fsp3) is 0.269. The molecule has 5 heterocycles. The van der Waals surface area contributed by atoms with Crippen molar-refractivity contribution in [3.63, 3.8) is 0 Å². The molecule has 0 saturated carbocycles. The Morgan fingerprint density at radius 2 is 1.76 bits per heavy atom. The number of ether oxygens (including phenoxy) is 1. The molecule has 8 heteroatoms. The fourth-order valence-electron chi connectivity index (χ4n) is 4.08. The van der Waals surface area contributed by atoms with Crippen LogP contribution in [0.3, 0.4) is 0 Å². The fourth-order valence-corrected chi connectivity index (χ4v) is 4.08. The van der Waals surface area contributed by atoms with Crippen LogP contribution in [0.4, 0.5) is 5.82 Å². The zero-order valence-electron chi connectivity index (χ0n) is 19.3. The van der Waals surface area contributed by atoms with Gasteiger partial charge in [-0.1, -0.05) is 0 Å². The molecule has 0 N–H and O–H groups in total. The van der Waals surface area contributed by atoms with Crippen molar-refractivity contribution in [3.05, 3.63) is 72.6 Å². The van der Waals surface area contributed by atoms with Crippen LogP contribution in [0.5, 0.6) is 5.75 Å². The van der Waals surface area contributed by atoms with Crippen molar-refractivity contribution in [1.82, 2.24) is 24.8 Å². The van der Waals surface area contributed by atoms with Gasteiger partial charge in [0.1, 0.15) is 11.6 Å². The molecular formula is C26H26N6O2. The predicted octanol–water partition coefficient (Wildman–Crippen LogP) is 3.27. The van der Waals surface area contributed by atoms with Crippen molar-refractivity contribution >= 4 is 22.4 Å². The number of aromatic nitrogens is 4. The first-order valence-corrected chi connectivity index (χ1v) is 11.3. The number of ketones is 1. The minimum atomic E-state index is 0.0240. The number of likely N-dealkylation sites (N-methyl/N-ethyl adjacent to an activating group) is 1. The Morgan fingerprint density at radius 3 is 2.59 bits per heavy atom. The molecule has 4 aromatic rings. The number of pyridine rings is 4. The number of rotatable bonds is 6. The van der Waals surface area contributed by atoms with Crippen molar-refractivity contribution in [1.29, 1.82) is 0 Å². The highest BCUT2D eigenvalue weighted by molar-refractivity contribution is 5.98. The summed E-state index contributed by atoms with van der Waals surface area (Å²) in [4.78, 5) is 35.3. The summed E-state index contributed by atoms with van der Waals surface area (Å²) >= 11 is 0. The van der Waals surface area contributed by atoms with E-state index in [1.807, 2.05) is 24.3 Å². The third kappa shape index (κ3) is 4.72. The normalized spacial score (nSPS) is 14.4. The van der Waals surface area contributed by atoms with Gasteiger partial charge in [-0.3, -0.25) is 19.7 Å². The Bertz CT molecular complexity index is 1330. The van der Waals surface area contributed by atoms with Crippen LogP contribution in [0.15, 0.2) is 61.3 Å². The summed E-state index contributed by atoms with van der Waals surface area (Å²) < 4.78 is 5.27. The Kier molecular flexibility index (Phi) is 6.14. The maximum Gasteiger partial charge on any atom is 0.169 e. The molecule has 0 radical (unpaired) electrons. The smallest absolute Gasteiger partial charge is 0.169 e. The SMILES string of the molecule is COc1cncc(-c2cc3cc(CC(=O)c4ccnc(N5CCN(C)CC5)c4)ncc3cn2)c1. The number of carbonyl (C=O) groups is 1. The molecular weight excluding hydrogens is 428 g/mol. The number of Topliss-reactive ketones (excluding diaryl/α,β-unsaturated/α-hetero) is 1. The second-order valence-corrected chi connectivity index (χ2v) is 8.50. The second kappa shape index (κ2) is 9.52. The quantitative estimate of drug-likeness (QED) is 0.411. The highest BCUT2D eigenvalue weighted by atomic mass is 16.5. The molecule has 0 atom stereocenters. The van der Waals surface area contributed by atoms with E-state index in [1.54, 1.807) is 44.2 Å². The van der Waals surface area contributed by atoms with Gasteiger partial charge >= 0.3 is 0 Å². The maximum absolute atomic E-state index is 13.1. The van der Waals surface area contributed by atoms with Gasteiger partial charge in [0.15, 0.2) is 5.78 Å². The van der Waals surface area contributed by atoms with Crippen LogP contribution in [-0.2, 0) is 6.42 Å². The van der Waals surface area contributed by atoms with Crippen molar-refractivity contribution in [2.24, 2.45) is 0 Å². The second-order valence-electron chi connectivity index (χ2n) is 8.50. The molecule has 0 aliphatic carbocycles. The zero-order chi connectivity index (χ0) is 23.5. The number of hydrogen-bond donors (Lipinski definition) is 0. The zero-order valence-corrected chi connectivity index (χ0v) is 19.3. The van der Waals surface area contributed by atoms with Gasteiger partial charge in [0, 0.05) is 73.2 Å². The van der Waals surface area contributed by atoms with Gasteiger partial charge in [0.05, 0.1) is 25.4 Å². The molecule has 1 saturated heterocycles. The molecule has 1 aliphatic heterocycles. The summed E-state index contributed by atoms with van der Waals surface area (Å²) in [6, 6.07) is 9.51. The molecule has 1 fully saturated rings. The van der Waals surface area contributed by atoms with E-state index in [-0.39, 0.29) is 12.2 Å². The first kappa shape index (κ1) is 21.9. The van der Waals surface area contributed by atoms with Crippen LogP contribution in [0, 0.1) is 0 Å². The summed E-state index contributed by atoms with van der Waals surface area (Å²) in [7, 11) is 3.73. The number of piperazine rings is 1. The first-order chi connectivity index (χ1) is 16.6. The molecule has 8 nitrogen and oxygen atoms in total. The highest BCUT2D eigenvalue weighted by Gasteiger charge is 2.17. The van der Waals surface area contributed by atoms with Gasteiger partial charge in [0.2, 0.25) is 0 Å². The van der Waals surface area contributed by atoms with Crippen molar-refractivity contribution in [3.8, 4) is 17.0 Å². The Hall–Kier alpha value is -3.91. The number of hydrogen-bond acceptors (Lipinski definition) is 8. The van der Waals surface area contributed by atoms with E-state index in [1.165, 1.54) is 0 Å². The standard InChI is InChI=1S/C26H26N6O2/c1-31-5-7-32(8-6-31)26-12-18(3-4-28-26)25(33)13-22-9-19-11-24(30-16-21(19)15-29-22)20-10-23(34-2)17-27-14-20/h3-4,9-12,14-17H,5-8,13H2,1-2H3. The van der Waals surface area contributed by atoms with Crippen molar-refractivity contribution in [2.75, 3.05) is 45.2 Å². The van der Waals surface area contributed by atoms with Gasteiger partial charge in [-0.05, 0) is 42.8 Å². The molecule has 4 aromatic heterocycles. The lowest BCUT2D eigenvalue weighted by molar-refractivity contribution is 0.0992. The van der Waals surface area contributed by atoms with Gasteiger partial charge in [-0.15, -0.1) is 0 Å². The van der Waals surface area contributed by atoms with Crippen molar-refractivity contribution in [2.45, 2.75) is 6.42 Å². The number of carbonyl (C=O) groups excluding carboxylic acids is 1. The van der Waals surface area contributed by atoms with E-state index in [4.69, 9.17) is 4.74 Å². The molecule has 172 valence electrons. The van der Waals surface area contributed by atoms with Crippen LogP contribution < -0.4 is 9.64 Å². The largest absolute Gasteiger partial charge is 0.495 e. The van der Waals surface area contributed by atoms with Crippen LogP contribution in [0.25, 0.3) is 22.0 Å². The summed E-state index contributed by atoms with van der Waals surface area (Å²) in [5.74, 6) is 1.55. The van der Waals surface area contributed by atoms with E-state index in [2.05, 4.69) is 36.8 Å². The topological polar surface area (TPSA) is 84.3 Å². The average molecular weight is 455 g/mol. The van der Waals surface area contributed by atoms with Crippen LogP contribution in [-0.4, -0.2) is 71.0 Å². The van der Waals surface area contributed by atoms with Gasteiger partial charge in [-0.25, -0.2) is 4.98 Å². The summed E-state index contributed by atoms with van der Waals surface area (Å²) in [5, 5.41) is 1.88. The summed E-state index contributed by atoms with van der Waals surface area (Å²) in [5.41, 5.74) is 3.03. The lowest BCUT2D eigenvalue weighted by Crippen LogP contribution is -2.44. The minimum absolute atomic E-state index is 0.0240. The predicted molar refractivity (Wildman–Crippen MR) is 131 cm³/mol. The Morgan fingerprint density at radius 1 is 0.941 bits per heavy atom. The van der Waals surface area contributed by atoms with E-state index in [9.17, 15) is 4.79 Å². The number of anilines is 1. The van der Waals surface area contributed by atoms with E-state index >= 15 is 0 Å². The maximum atomic E-state index is 13.1. The molecule has 0 amide bonds. The van der Waals surface area contributed by atoms with E-state index < -0.39 is 0 Å². The molecule has 0 aromatic carbocycles. The molecule has 0 spiro atoms. The molecule has 5 rings (SSSR count). The van der Waals surface area contributed by atoms with Crippen LogP contribution >= 0.6 is 0 Å². The summed E-state index contributed by atoms with van der Waals surface area (Å²) in [6.45, 7) is 3.80. The highest BCUT2D eigenvalue weighted by Crippen LogP contribution is 2.25. The monoisotopic (exact) mass is 454 g/mol. The first-order valence-electron chi connectivity index (χ1n) is 11.3. The van der Waals surface area contributed by atoms with Gasteiger partial charge < -0.3 is 14.5 Å².